The first kappa shape index (κ1) is 13.8. The third-order valence-corrected chi connectivity index (χ3v) is 3.63. The molecule has 1 aliphatic rings. The Balaban J connectivity index is 2.22. The number of carbonyl (C=O) groups is 1. The second-order valence-electron chi connectivity index (χ2n) is 5.25. The number of anilines is 1. The van der Waals surface area contributed by atoms with Gasteiger partial charge in [0.05, 0.1) is 24.1 Å². The summed E-state index contributed by atoms with van der Waals surface area (Å²) in [5.74, 6) is 0.414. The molecule has 1 N–H and O–H groups in total. The maximum Gasteiger partial charge on any atom is 0.260 e. The summed E-state index contributed by atoms with van der Waals surface area (Å²) in [6.45, 7) is 5.92. The minimum atomic E-state index is -0.215. The molecule has 21 heavy (non-hydrogen) atoms. The second kappa shape index (κ2) is 5.29. The maximum absolute atomic E-state index is 12.3. The smallest absolute Gasteiger partial charge is 0.260 e. The number of aromatic nitrogens is 2. The molecule has 0 amide bonds. The van der Waals surface area contributed by atoms with Crippen molar-refractivity contribution in [3.63, 3.8) is 0 Å². The lowest BCUT2D eigenvalue weighted by Crippen LogP contribution is -2.38. The molecule has 0 unspecified atom stereocenters. The number of rotatable bonds is 2. The zero-order chi connectivity index (χ0) is 15.0. The highest BCUT2D eigenvalue weighted by atomic mass is 16.5. The molecular weight excluding hydrogens is 270 g/mol. The van der Waals surface area contributed by atoms with Crippen LogP contribution in [0.15, 0.2) is 16.9 Å². The first-order chi connectivity index (χ1) is 10.1. The lowest BCUT2D eigenvalue weighted by atomic mass is 10.0. The van der Waals surface area contributed by atoms with E-state index >= 15 is 0 Å². The van der Waals surface area contributed by atoms with Gasteiger partial charge in [-0.3, -0.25) is 14.6 Å². The largest absolute Gasteiger partial charge is 0.378 e. The summed E-state index contributed by atoms with van der Waals surface area (Å²) in [6, 6.07) is 3.54. The van der Waals surface area contributed by atoms with Gasteiger partial charge in [0.15, 0.2) is 5.78 Å². The van der Waals surface area contributed by atoms with Crippen molar-refractivity contribution in [1.82, 2.24) is 9.97 Å². The van der Waals surface area contributed by atoms with Gasteiger partial charge >= 0.3 is 0 Å². The molecule has 2 aromatic rings. The van der Waals surface area contributed by atoms with Gasteiger partial charge in [-0.05, 0) is 31.5 Å². The fourth-order valence-corrected chi connectivity index (χ4v) is 2.57. The molecule has 2 heterocycles. The fourth-order valence-electron chi connectivity index (χ4n) is 2.57. The highest BCUT2D eigenvalue weighted by molar-refractivity contribution is 6.05. The number of benzene rings is 1. The molecule has 0 spiro atoms. The number of ether oxygens (including phenoxy) is 1. The third kappa shape index (κ3) is 2.54. The lowest BCUT2D eigenvalue weighted by Gasteiger charge is -2.27. The van der Waals surface area contributed by atoms with Crippen molar-refractivity contribution in [2.45, 2.75) is 13.8 Å². The Morgan fingerprint density at radius 3 is 2.71 bits per heavy atom. The molecule has 1 aromatic heterocycles. The van der Waals surface area contributed by atoms with Crippen molar-refractivity contribution in [2.24, 2.45) is 0 Å². The fraction of sp³-hybridized carbons (Fsp3) is 0.400. The molecular formula is C15H17N3O3. The van der Waals surface area contributed by atoms with Crippen LogP contribution in [0.2, 0.25) is 0 Å². The van der Waals surface area contributed by atoms with E-state index < -0.39 is 0 Å². The van der Waals surface area contributed by atoms with E-state index in [1.165, 1.54) is 6.92 Å². The van der Waals surface area contributed by atoms with Crippen molar-refractivity contribution in [2.75, 3.05) is 31.2 Å². The predicted molar refractivity (Wildman–Crippen MR) is 80.1 cm³/mol. The van der Waals surface area contributed by atoms with Crippen LogP contribution in [-0.2, 0) is 4.74 Å². The monoisotopic (exact) mass is 287 g/mol. The van der Waals surface area contributed by atoms with E-state index in [1.54, 1.807) is 12.1 Å². The summed E-state index contributed by atoms with van der Waals surface area (Å²) in [4.78, 5) is 33.4. The average molecular weight is 287 g/mol. The normalized spacial score (nSPS) is 15.4. The van der Waals surface area contributed by atoms with Crippen LogP contribution < -0.4 is 10.5 Å². The molecule has 6 nitrogen and oxygen atoms in total. The molecule has 1 fully saturated rings. The Hall–Kier alpha value is -2.21. The highest BCUT2D eigenvalue weighted by Crippen LogP contribution is 2.19. The third-order valence-electron chi connectivity index (χ3n) is 3.63. The Morgan fingerprint density at radius 1 is 1.33 bits per heavy atom. The number of hydrogen-bond acceptors (Lipinski definition) is 5. The van der Waals surface area contributed by atoms with E-state index in [1.807, 2.05) is 11.8 Å². The number of ketones is 1. The zero-order valence-corrected chi connectivity index (χ0v) is 12.1. The lowest BCUT2D eigenvalue weighted by molar-refractivity contribution is 0.101. The van der Waals surface area contributed by atoms with Gasteiger partial charge < -0.3 is 9.64 Å². The van der Waals surface area contributed by atoms with E-state index in [2.05, 4.69) is 9.97 Å². The standard InChI is InChI=1S/C15H17N3O3/c1-9-7-11(10(2)19)13-12(8-9)14(20)17-15(16-13)18-3-5-21-6-4-18/h7-8H,3-6H2,1-2H3,(H,16,17,20). The van der Waals surface area contributed by atoms with Crippen LogP contribution in [0.25, 0.3) is 10.9 Å². The molecule has 0 saturated carbocycles. The van der Waals surface area contributed by atoms with Crippen LogP contribution in [-0.4, -0.2) is 42.1 Å². The highest BCUT2D eigenvalue weighted by Gasteiger charge is 2.17. The van der Waals surface area contributed by atoms with Crippen LogP contribution in [0.1, 0.15) is 22.8 Å². The van der Waals surface area contributed by atoms with Gasteiger partial charge in [0.1, 0.15) is 0 Å². The van der Waals surface area contributed by atoms with Crippen molar-refractivity contribution >= 4 is 22.6 Å². The number of hydrogen-bond donors (Lipinski definition) is 1. The van der Waals surface area contributed by atoms with E-state index in [9.17, 15) is 9.59 Å². The first-order valence-corrected chi connectivity index (χ1v) is 6.94. The van der Waals surface area contributed by atoms with Crippen molar-refractivity contribution < 1.29 is 9.53 Å². The summed E-state index contributed by atoms with van der Waals surface area (Å²) in [5, 5.41) is 0.456. The van der Waals surface area contributed by atoms with Gasteiger partial charge in [-0.1, -0.05) is 0 Å². The molecule has 1 saturated heterocycles. The molecule has 110 valence electrons. The molecule has 0 bridgehead atoms. The zero-order valence-electron chi connectivity index (χ0n) is 12.1. The van der Waals surface area contributed by atoms with Crippen LogP contribution in [0.4, 0.5) is 5.95 Å². The average Bonchev–Trinajstić information content (AvgIpc) is 2.48. The number of fused-ring (bicyclic) bond motifs is 1. The Labute approximate surface area is 121 Å². The maximum atomic E-state index is 12.3. The topological polar surface area (TPSA) is 75.3 Å². The number of morpholine rings is 1. The van der Waals surface area contributed by atoms with E-state index in [4.69, 9.17) is 4.74 Å². The Kier molecular flexibility index (Phi) is 3.47. The minimum absolute atomic E-state index is 0.0882. The number of aryl methyl sites for hydroxylation is 1. The first-order valence-electron chi connectivity index (χ1n) is 6.94. The van der Waals surface area contributed by atoms with Gasteiger partial charge in [0.25, 0.3) is 5.56 Å². The van der Waals surface area contributed by atoms with Gasteiger partial charge in [-0.25, -0.2) is 4.98 Å². The van der Waals surface area contributed by atoms with Gasteiger partial charge in [0.2, 0.25) is 5.95 Å². The van der Waals surface area contributed by atoms with Gasteiger partial charge in [-0.15, -0.1) is 0 Å². The number of nitrogens with one attached hydrogen (secondary N) is 1. The van der Waals surface area contributed by atoms with Crippen LogP contribution >= 0.6 is 0 Å². The predicted octanol–water partition coefficient (Wildman–Crippen LogP) is 1.27. The summed E-state index contributed by atoms with van der Waals surface area (Å²) in [7, 11) is 0. The number of aromatic amines is 1. The summed E-state index contributed by atoms with van der Waals surface area (Å²) < 4.78 is 5.30. The number of Topliss-reactive ketones (excluding diaryl/α,β-unsaturated/α-hetero) is 1. The van der Waals surface area contributed by atoms with E-state index in [0.717, 1.165) is 5.56 Å². The van der Waals surface area contributed by atoms with Gasteiger partial charge in [0, 0.05) is 18.7 Å². The Bertz CT molecular complexity index is 761. The number of nitrogens with zero attached hydrogens (tertiary/aromatic N) is 2. The molecule has 1 aliphatic heterocycles. The molecule has 6 heteroatoms. The molecule has 3 rings (SSSR count). The minimum Gasteiger partial charge on any atom is -0.378 e. The SMILES string of the molecule is CC(=O)c1cc(C)cc2c(=O)[nH]c(N3CCOCC3)nc12. The van der Waals surface area contributed by atoms with Crippen molar-refractivity contribution in [3.8, 4) is 0 Å². The van der Waals surface area contributed by atoms with Crippen LogP contribution in [0.3, 0.4) is 0 Å². The molecule has 1 aromatic carbocycles. The summed E-state index contributed by atoms with van der Waals surface area (Å²) in [6.07, 6.45) is 0. The molecule has 0 aliphatic carbocycles. The summed E-state index contributed by atoms with van der Waals surface area (Å²) in [5.41, 5.74) is 1.62. The Morgan fingerprint density at radius 2 is 2.05 bits per heavy atom. The van der Waals surface area contributed by atoms with Crippen LogP contribution in [0.5, 0.6) is 0 Å². The number of H-pyrrole nitrogens is 1. The van der Waals surface area contributed by atoms with E-state index in [0.29, 0.717) is 48.7 Å². The molecule has 0 radical (unpaired) electrons. The quantitative estimate of drug-likeness (QED) is 0.842. The second-order valence-corrected chi connectivity index (χ2v) is 5.25. The van der Waals surface area contributed by atoms with E-state index in [-0.39, 0.29) is 11.3 Å². The number of carbonyl (C=O) groups excluding carboxylic acids is 1. The van der Waals surface area contributed by atoms with Crippen molar-refractivity contribution in [3.05, 3.63) is 33.6 Å². The van der Waals surface area contributed by atoms with Crippen molar-refractivity contribution in [1.29, 1.82) is 0 Å². The van der Waals surface area contributed by atoms with Crippen LogP contribution in [0, 0.1) is 6.92 Å². The summed E-state index contributed by atoms with van der Waals surface area (Å²) >= 11 is 0. The van der Waals surface area contributed by atoms with Gasteiger partial charge in [-0.2, -0.15) is 0 Å². The molecule has 0 atom stereocenters.